The van der Waals surface area contributed by atoms with Gasteiger partial charge in [-0.3, -0.25) is 10.1 Å². The zero-order valence-corrected chi connectivity index (χ0v) is 19.3. The van der Waals surface area contributed by atoms with Crippen LogP contribution in [0.15, 0.2) is 77.9 Å². The minimum absolute atomic E-state index is 0.105. The molecule has 180 valence electrons. The summed E-state index contributed by atoms with van der Waals surface area (Å²) in [5, 5.41) is 12.6. The van der Waals surface area contributed by atoms with Gasteiger partial charge in [-0.25, -0.2) is 18.1 Å². The molecule has 0 aliphatic carbocycles. The summed E-state index contributed by atoms with van der Waals surface area (Å²) in [7, 11) is 0. The van der Waals surface area contributed by atoms with E-state index in [-0.39, 0.29) is 23.7 Å². The number of halogens is 2. The SMILES string of the molecule is O=C(Cc1ccc(F)cc1)NC(=O)Nc1ccc(Oc2ncnn3ccc(-c4ccsc4)c23)c(F)c1. The molecule has 8 nitrogen and oxygen atoms in total. The number of ether oxygens (including phenoxy) is 1. The predicted molar refractivity (Wildman–Crippen MR) is 130 cm³/mol. The van der Waals surface area contributed by atoms with Gasteiger partial charge in [-0.1, -0.05) is 12.1 Å². The molecular weight excluding hydrogens is 488 g/mol. The molecule has 0 spiro atoms. The van der Waals surface area contributed by atoms with Crippen molar-refractivity contribution in [2.75, 3.05) is 5.32 Å². The second-order valence-corrected chi connectivity index (χ2v) is 8.43. The fourth-order valence-corrected chi connectivity index (χ4v) is 4.19. The van der Waals surface area contributed by atoms with Crippen LogP contribution in [-0.2, 0) is 11.2 Å². The second kappa shape index (κ2) is 9.92. The number of carbonyl (C=O) groups excluding carboxylic acids is 2. The molecule has 0 radical (unpaired) electrons. The van der Waals surface area contributed by atoms with Crippen LogP contribution in [0, 0.1) is 11.6 Å². The Labute approximate surface area is 207 Å². The average molecular weight is 506 g/mol. The molecule has 3 aromatic heterocycles. The van der Waals surface area contributed by atoms with Crippen LogP contribution in [0.3, 0.4) is 0 Å². The maximum Gasteiger partial charge on any atom is 0.325 e. The molecular formula is C25H17F2N5O3S. The number of nitrogens with one attached hydrogen (secondary N) is 2. The maximum atomic E-state index is 14.8. The Hall–Kier alpha value is -4.64. The van der Waals surface area contributed by atoms with Crippen LogP contribution in [0.2, 0.25) is 0 Å². The first-order valence-corrected chi connectivity index (χ1v) is 11.6. The Morgan fingerprint density at radius 3 is 2.64 bits per heavy atom. The van der Waals surface area contributed by atoms with Crippen LogP contribution >= 0.6 is 11.3 Å². The Morgan fingerprint density at radius 1 is 1.06 bits per heavy atom. The summed E-state index contributed by atoms with van der Waals surface area (Å²) in [4.78, 5) is 28.4. The van der Waals surface area contributed by atoms with Crippen molar-refractivity contribution < 1.29 is 23.1 Å². The van der Waals surface area contributed by atoms with E-state index in [9.17, 15) is 18.4 Å². The Balaban J connectivity index is 1.27. The number of fused-ring (bicyclic) bond motifs is 1. The summed E-state index contributed by atoms with van der Waals surface area (Å²) in [6.45, 7) is 0. The predicted octanol–water partition coefficient (Wildman–Crippen LogP) is 5.42. The van der Waals surface area contributed by atoms with E-state index in [1.807, 2.05) is 22.9 Å². The summed E-state index contributed by atoms with van der Waals surface area (Å²) in [5.74, 6) is -1.70. The Kier molecular flexibility index (Phi) is 6.37. The number of amides is 3. The normalized spacial score (nSPS) is 10.8. The van der Waals surface area contributed by atoms with Gasteiger partial charge in [-0.15, -0.1) is 0 Å². The van der Waals surface area contributed by atoms with Crippen LogP contribution in [0.4, 0.5) is 19.3 Å². The number of carbonyl (C=O) groups is 2. The van der Waals surface area contributed by atoms with Gasteiger partial charge < -0.3 is 10.1 Å². The van der Waals surface area contributed by atoms with Gasteiger partial charge in [0.25, 0.3) is 0 Å². The molecule has 0 saturated heterocycles. The van der Waals surface area contributed by atoms with E-state index in [2.05, 4.69) is 20.7 Å². The number of hydrogen-bond donors (Lipinski definition) is 2. The number of nitrogens with zero attached hydrogens (tertiary/aromatic N) is 3. The molecule has 0 atom stereocenters. The first-order chi connectivity index (χ1) is 17.5. The standard InChI is InChI=1S/C25H17F2N5O3S/c26-17-3-1-15(2-4-17)11-22(33)31-25(34)30-18-5-6-21(20(27)12-18)35-24-23-19(16-8-10-36-13-16)7-9-32(23)29-14-28-24/h1-10,12-14H,11H2,(H2,30,31,33,34). The maximum absolute atomic E-state index is 14.8. The van der Waals surface area contributed by atoms with Crippen molar-refractivity contribution in [1.82, 2.24) is 19.9 Å². The third-order valence-corrected chi connectivity index (χ3v) is 5.86. The van der Waals surface area contributed by atoms with Crippen molar-refractivity contribution in [2.24, 2.45) is 0 Å². The highest BCUT2D eigenvalue weighted by Gasteiger charge is 2.16. The van der Waals surface area contributed by atoms with Gasteiger partial charge in [-0.2, -0.15) is 21.4 Å². The third-order valence-electron chi connectivity index (χ3n) is 5.18. The van der Waals surface area contributed by atoms with Gasteiger partial charge in [0, 0.05) is 23.5 Å². The number of aromatic nitrogens is 3. The van der Waals surface area contributed by atoms with E-state index in [4.69, 9.17) is 4.74 Å². The van der Waals surface area contributed by atoms with Gasteiger partial charge in [0.15, 0.2) is 11.6 Å². The lowest BCUT2D eigenvalue weighted by molar-refractivity contribution is -0.119. The summed E-state index contributed by atoms with van der Waals surface area (Å²) < 4.78 is 35.2. The van der Waals surface area contributed by atoms with Gasteiger partial charge in [0.1, 0.15) is 17.7 Å². The fraction of sp³-hybridized carbons (Fsp3) is 0.0400. The lowest BCUT2D eigenvalue weighted by Gasteiger charge is -2.11. The second-order valence-electron chi connectivity index (χ2n) is 7.65. The average Bonchev–Trinajstić information content (AvgIpc) is 3.52. The van der Waals surface area contributed by atoms with Crippen molar-refractivity contribution in [2.45, 2.75) is 6.42 Å². The molecule has 0 bridgehead atoms. The Bertz CT molecular complexity index is 1550. The third kappa shape index (κ3) is 5.05. The van der Waals surface area contributed by atoms with Crippen LogP contribution in [0.25, 0.3) is 16.6 Å². The van der Waals surface area contributed by atoms with Crippen molar-refractivity contribution >= 4 is 34.5 Å². The zero-order valence-electron chi connectivity index (χ0n) is 18.4. The van der Waals surface area contributed by atoms with Crippen molar-refractivity contribution in [3.63, 3.8) is 0 Å². The molecule has 36 heavy (non-hydrogen) atoms. The highest BCUT2D eigenvalue weighted by atomic mass is 32.1. The molecule has 0 unspecified atom stereocenters. The quantitative estimate of drug-likeness (QED) is 0.321. The lowest BCUT2D eigenvalue weighted by Crippen LogP contribution is -2.35. The number of rotatable bonds is 6. The number of imide groups is 1. The van der Waals surface area contributed by atoms with E-state index < -0.39 is 23.6 Å². The summed E-state index contributed by atoms with van der Waals surface area (Å²) in [6, 6.07) is 12.2. The molecule has 3 heterocycles. The van der Waals surface area contributed by atoms with E-state index in [0.29, 0.717) is 11.1 Å². The number of thiophene rings is 1. The fourth-order valence-electron chi connectivity index (χ4n) is 3.54. The molecule has 2 aromatic carbocycles. The lowest BCUT2D eigenvalue weighted by atomic mass is 10.1. The zero-order chi connectivity index (χ0) is 25.1. The van der Waals surface area contributed by atoms with E-state index in [1.54, 1.807) is 22.0 Å². The minimum atomic E-state index is -0.832. The molecule has 0 saturated carbocycles. The first kappa shape index (κ1) is 23.1. The molecule has 5 aromatic rings. The van der Waals surface area contributed by atoms with E-state index in [0.717, 1.165) is 17.2 Å². The van der Waals surface area contributed by atoms with Gasteiger partial charge >= 0.3 is 6.03 Å². The van der Waals surface area contributed by atoms with Gasteiger partial charge in [0.05, 0.1) is 6.42 Å². The number of urea groups is 1. The van der Waals surface area contributed by atoms with Crippen molar-refractivity contribution in [3.05, 3.63) is 95.1 Å². The monoisotopic (exact) mass is 505 g/mol. The number of hydrogen-bond acceptors (Lipinski definition) is 6. The van der Waals surface area contributed by atoms with Gasteiger partial charge in [-0.05, 0) is 58.3 Å². The Morgan fingerprint density at radius 2 is 1.89 bits per heavy atom. The van der Waals surface area contributed by atoms with Crippen LogP contribution in [0.5, 0.6) is 11.6 Å². The van der Waals surface area contributed by atoms with Gasteiger partial charge in [0.2, 0.25) is 11.8 Å². The smallest absolute Gasteiger partial charge is 0.325 e. The summed E-state index contributed by atoms with van der Waals surface area (Å²) >= 11 is 1.54. The van der Waals surface area contributed by atoms with Crippen LogP contribution in [0.1, 0.15) is 5.56 Å². The molecule has 2 N–H and O–H groups in total. The van der Waals surface area contributed by atoms with E-state index >= 15 is 0 Å². The highest BCUT2D eigenvalue weighted by molar-refractivity contribution is 7.08. The summed E-state index contributed by atoms with van der Waals surface area (Å²) in [5.41, 5.74) is 3.03. The van der Waals surface area contributed by atoms with Crippen LogP contribution < -0.4 is 15.4 Å². The summed E-state index contributed by atoms with van der Waals surface area (Å²) in [6.07, 6.45) is 2.95. The molecule has 0 aliphatic rings. The minimum Gasteiger partial charge on any atom is -0.434 e. The number of anilines is 1. The van der Waals surface area contributed by atoms with E-state index in [1.165, 1.54) is 42.7 Å². The topological polar surface area (TPSA) is 97.6 Å². The van der Waals surface area contributed by atoms with Crippen molar-refractivity contribution in [1.29, 1.82) is 0 Å². The molecule has 0 fully saturated rings. The molecule has 5 rings (SSSR count). The molecule has 3 amide bonds. The number of benzene rings is 2. The van der Waals surface area contributed by atoms with Crippen LogP contribution in [-0.4, -0.2) is 26.5 Å². The largest absolute Gasteiger partial charge is 0.434 e. The molecule has 0 aliphatic heterocycles. The highest BCUT2D eigenvalue weighted by Crippen LogP contribution is 2.34. The molecule has 11 heteroatoms. The van der Waals surface area contributed by atoms with Crippen molar-refractivity contribution in [3.8, 4) is 22.8 Å². The first-order valence-electron chi connectivity index (χ1n) is 10.6.